The van der Waals surface area contributed by atoms with Gasteiger partial charge in [-0.15, -0.1) is 11.3 Å². The molecule has 0 aliphatic carbocycles. The first-order chi connectivity index (χ1) is 12.0. The first kappa shape index (κ1) is 18.7. The Balaban J connectivity index is 1.67. The molecule has 0 unspecified atom stereocenters. The summed E-state index contributed by atoms with van der Waals surface area (Å²) in [6.45, 7) is 6.22. The normalized spacial score (nSPS) is 21.0. The SMILES string of the molecule is CC1(C)C[C@H]([C@@H](CCNc2nccs2)Cc2ccccc2Cl)CCO1. The Kier molecular flexibility index (Phi) is 6.37. The van der Waals surface area contributed by atoms with E-state index < -0.39 is 0 Å². The van der Waals surface area contributed by atoms with Crippen LogP contribution in [0.25, 0.3) is 0 Å². The molecule has 2 atom stereocenters. The summed E-state index contributed by atoms with van der Waals surface area (Å²) in [7, 11) is 0. The molecule has 0 amide bonds. The minimum absolute atomic E-state index is 0.0234. The van der Waals surface area contributed by atoms with E-state index in [4.69, 9.17) is 16.3 Å². The van der Waals surface area contributed by atoms with Crippen molar-refractivity contribution in [2.45, 2.75) is 45.1 Å². The number of hydrogen-bond acceptors (Lipinski definition) is 4. The van der Waals surface area contributed by atoms with E-state index in [1.54, 1.807) is 11.3 Å². The number of aromatic nitrogens is 1. The summed E-state index contributed by atoms with van der Waals surface area (Å²) >= 11 is 8.08. The van der Waals surface area contributed by atoms with Gasteiger partial charge in [-0.05, 0) is 63.0 Å². The van der Waals surface area contributed by atoms with Gasteiger partial charge in [-0.1, -0.05) is 29.8 Å². The number of nitrogens with one attached hydrogen (secondary N) is 1. The fraction of sp³-hybridized carbons (Fsp3) is 0.550. The number of ether oxygens (including phenoxy) is 1. The van der Waals surface area contributed by atoms with Crippen LogP contribution < -0.4 is 5.32 Å². The summed E-state index contributed by atoms with van der Waals surface area (Å²) in [4.78, 5) is 4.31. The van der Waals surface area contributed by atoms with Crippen LogP contribution >= 0.6 is 22.9 Å². The Hall–Kier alpha value is -1.10. The Labute approximate surface area is 159 Å². The van der Waals surface area contributed by atoms with Crippen molar-refractivity contribution in [2.24, 2.45) is 11.8 Å². The predicted octanol–water partition coefficient (Wildman–Crippen LogP) is 5.66. The van der Waals surface area contributed by atoms with E-state index >= 15 is 0 Å². The monoisotopic (exact) mass is 378 g/mol. The van der Waals surface area contributed by atoms with E-state index in [-0.39, 0.29) is 5.60 Å². The number of hydrogen-bond donors (Lipinski definition) is 1. The third-order valence-corrected chi connectivity index (χ3v) is 6.17. The lowest BCUT2D eigenvalue weighted by Crippen LogP contribution is -2.37. The molecule has 1 aliphatic heterocycles. The molecule has 1 aromatic heterocycles. The van der Waals surface area contributed by atoms with Crippen molar-refractivity contribution in [1.29, 1.82) is 0 Å². The molecular formula is C20H27ClN2OS. The molecule has 5 heteroatoms. The molecule has 25 heavy (non-hydrogen) atoms. The summed E-state index contributed by atoms with van der Waals surface area (Å²) in [5.41, 5.74) is 1.23. The predicted molar refractivity (Wildman–Crippen MR) is 107 cm³/mol. The summed E-state index contributed by atoms with van der Waals surface area (Å²) in [6, 6.07) is 8.24. The Bertz CT molecular complexity index is 659. The molecule has 1 saturated heterocycles. The van der Waals surface area contributed by atoms with E-state index in [2.05, 4.69) is 36.3 Å². The maximum atomic E-state index is 6.43. The molecule has 0 bridgehead atoms. The van der Waals surface area contributed by atoms with Crippen LogP contribution in [0.1, 0.15) is 38.7 Å². The van der Waals surface area contributed by atoms with Gasteiger partial charge in [0.1, 0.15) is 0 Å². The Morgan fingerprint density at radius 1 is 1.40 bits per heavy atom. The highest BCUT2D eigenvalue weighted by atomic mass is 35.5. The van der Waals surface area contributed by atoms with Crippen molar-refractivity contribution < 1.29 is 4.74 Å². The zero-order valence-electron chi connectivity index (χ0n) is 15.0. The molecule has 0 spiro atoms. The second-order valence-electron chi connectivity index (χ2n) is 7.47. The van der Waals surface area contributed by atoms with Crippen molar-refractivity contribution in [3.05, 3.63) is 46.4 Å². The molecule has 1 aromatic carbocycles. The largest absolute Gasteiger partial charge is 0.376 e. The zero-order valence-corrected chi connectivity index (χ0v) is 16.6. The van der Waals surface area contributed by atoms with Gasteiger partial charge in [0.15, 0.2) is 5.13 Å². The number of benzene rings is 1. The van der Waals surface area contributed by atoms with Crippen LogP contribution in [-0.4, -0.2) is 23.7 Å². The number of anilines is 1. The topological polar surface area (TPSA) is 34.2 Å². The molecule has 2 aromatic rings. The first-order valence-corrected chi connectivity index (χ1v) is 10.3. The first-order valence-electron chi connectivity index (χ1n) is 9.04. The molecule has 1 N–H and O–H groups in total. The lowest BCUT2D eigenvalue weighted by atomic mass is 9.75. The van der Waals surface area contributed by atoms with Gasteiger partial charge in [0, 0.05) is 29.8 Å². The minimum atomic E-state index is -0.0234. The van der Waals surface area contributed by atoms with Crippen molar-refractivity contribution >= 4 is 28.1 Å². The molecule has 1 fully saturated rings. The van der Waals surface area contributed by atoms with Gasteiger partial charge < -0.3 is 10.1 Å². The lowest BCUT2D eigenvalue weighted by Gasteiger charge is -2.39. The van der Waals surface area contributed by atoms with Crippen LogP contribution in [-0.2, 0) is 11.2 Å². The van der Waals surface area contributed by atoms with Gasteiger partial charge in [-0.3, -0.25) is 0 Å². The molecule has 0 radical (unpaired) electrons. The molecule has 0 saturated carbocycles. The molecule has 3 rings (SSSR count). The molecular weight excluding hydrogens is 352 g/mol. The van der Waals surface area contributed by atoms with E-state index in [9.17, 15) is 0 Å². The number of thiazole rings is 1. The third kappa shape index (κ3) is 5.44. The van der Waals surface area contributed by atoms with Crippen molar-refractivity contribution in [3.8, 4) is 0 Å². The van der Waals surface area contributed by atoms with Crippen molar-refractivity contribution in [1.82, 2.24) is 4.98 Å². The van der Waals surface area contributed by atoms with E-state index in [0.29, 0.717) is 11.8 Å². The number of rotatable bonds is 7. The highest BCUT2D eigenvalue weighted by Crippen LogP contribution is 2.37. The van der Waals surface area contributed by atoms with Gasteiger partial charge in [-0.25, -0.2) is 4.98 Å². The van der Waals surface area contributed by atoms with Gasteiger partial charge >= 0.3 is 0 Å². The maximum absolute atomic E-state index is 6.43. The molecule has 2 heterocycles. The van der Waals surface area contributed by atoms with E-state index in [1.807, 2.05) is 23.7 Å². The van der Waals surface area contributed by atoms with Crippen molar-refractivity contribution in [2.75, 3.05) is 18.5 Å². The van der Waals surface area contributed by atoms with E-state index in [1.165, 1.54) is 5.56 Å². The van der Waals surface area contributed by atoms with Crippen molar-refractivity contribution in [3.63, 3.8) is 0 Å². The average Bonchev–Trinajstić information content (AvgIpc) is 3.08. The van der Waals surface area contributed by atoms with Crippen LogP contribution in [0.15, 0.2) is 35.8 Å². The zero-order chi connectivity index (χ0) is 17.7. The summed E-state index contributed by atoms with van der Waals surface area (Å²) in [6.07, 6.45) is 6.23. The summed E-state index contributed by atoms with van der Waals surface area (Å²) in [5.74, 6) is 1.26. The van der Waals surface area contributed by atoms with Crippen LogP contribution in [0.3, 0.4) is 0 Å². The lowest BCUT2D eigenvalue weighted by molar-refractivity contribution is -0.0828. The third-order valence-electron chi connectivity index (χ3n) is 5.07. The fourth-order valence-corrected chi connectivity index (χ4v) is 4.58. The Morgan fingerprint density at radius 2 is 2.24 bits per heavy atom. The fourth-order valence-electron chi connectivity index (χ4n) is 3.81. The number of nitrogens with zero attached hydrogens (tertiary/aromatic N) is 1. The van der Waals surface area contributed by atoms with Crippen LogP contribution in [0.4, 0.5) is 5.13 Å². The van der Waals surface area contributed by atoms with Crippen LogP contribution in [0.2, 0.25) is 5.02 Å². The van der Waals surface area contributed by atoms with Gasteiger partial charge in [0.2, 0.25) is 0 Å². The highest BCUT2D eigenvalue weighted by Gasteiger charge is 2.33. The van der Waals surface area contributed by atoms with Gasteiger partial charge in [-0.2, -0.15) is 0 Å². The second kappa shape index (κ2) is 8.52. The standard InChI is InChI=1S/C20H27ClN2OS/c1-20(2)14-17(8-11-24-20)15(7-9-22-19-23-10-12-25-19)13-16-5-3-4-6-18(16)21/h3-6,10,12,15,17H,7-9,11,13-14H2,1-2H3,(H,22,23)/t15-,17+/m0/s1. The van der Waals surface area contributed by atoms with Crippen LogP contribution in [0.5, 0.6) is 0 Å². The van der Waals surface area contributed by atoms with Gasteiger partial charge in [0.25, 0.3) is 0 Å². The Morgan fingerprint density at radius 3 is 2.96 bits per heavy atom. The number of halogens is 1. The molecule has 1 aliphatic rings. The molecule has 3 nitrogen and oxygen atoms in total. The average molecular weight is 379 g/mol. The quantitative estimate of drug-likeness (QED) is 0.674. The second-order valence-corrected chi connectivity index (χ2v) is 8.77. The minimum Gasteiger partial charge on any atom is -0.376 e. The smallest absolute Gasteiger partial charge is 0.182 e. The maximum Gasteiger partial charge on any atom is 0.182 e. The summed E-state index contributed by atoms with van der Waals surface area (Å²) in [5, 5.41) is 7.35. The highest BCUT2D eigenvalue weighted by molar-refractivity contribution is 7.13. The molecule has 136 valence electrons. The van der Waals surface area contributed by atoms with E-state index in [0.717, 1.165) is 49.0 Å². The van der Waals surface area contributed by atoms with Gasteiger partial charge in [0.05, 0.1) is 5.60 Å². The van der Waals surface area contributed by atoms with Crippen LogP contribution in [0, 0.1) is 11.8 Å². The summed E-state index contributed by atoms with van der Waals surface area (Å²) < 4.78 is 5.93.